The Morgan fingerprint density at radius 3 is 1.77 bits per heavy atom. The Hall–Kier alpha value is -1.06. The molecule has 154 valence electrons. The van der Waals surface area contributed by atoms with Gasteiger partial charge in [0.25, 0.3) is 0 Å². The molecular weight excluding hydrogens is 328 g/mol. The van der Waals surface area contributed by atoms with Crippen molar-refractivity contribution < 1.29 is 19.1 Å². The van der Waals surface area contributed by atoms with E-state index in [0.717, 1.165) is 38.5 Å². The third kappa shape index (κ3) is 14.1. The highest BCUT2D eigenvalue weighted by Gasteiger charge is 2.22. The number of esters is 2. The summed E-state index contributed by atoms with van der Waals surface area (Å²) in [7, 11) is 0. The van der Waals surface area contributed by atoms with Crippen LogP contribution in [0.5, 0.6) is 0 Å². The molecule has 0 N–H and O–H groups in total. The molecule has 1 atom stereocenters. The normalized spacial score (nSPS) is 12.2. The van der Waals surface area contributed by atoms with E-state index in [-0.39, 0.29) is 17.9 Å². The summed E-state index contributed by atoms with van der Waals surface area (Å²) in [6.07, 6.45) is 12.5. The van der Waals surface area contributed by atoms with Crippen LogP contribution in [0.2, 0.25) is 0 Å². The Kier molecular flexibility index (Phi) is 16.7. The van der Waals surface area contributed by atoms with Crippen molar-refractivity contribution >= 4 is 11.9 Å². The number of hydrogen-bond donors (Lipinski definition) is 0. The molecule has 0 saturated heterocycles. The molecule has 0 fully saturated rings. The fourth-order valence-electron chi connectivity index (χ4n) is 3.02. The van der Waals surface area contributed by atoms with Crippen molar-refractivity contribution in [1.82, 2.24) is 0 Å². The molecule has 4 nitrogen and oxygen atoms in total. The zero-order chi connectivity index (χ0) is 19.6. The molecule has 0 aliphatic heterocycles. The summed E-state index contributed by atoms with van der Waals surface area (Å²) >= 11 is 0. The van der Waals surface area contributed by atoms with Crippen molar-refractivity contribution in [3.63, 3.8) is 0 Å². The lowest BCUT2D eigenvalue weighted by atomic mass is 9.90. The fraction of sp³-hybridized carbons (Fsp3) is 0.909. The average Bonchev–Trinajstić information content (AvgIpc) is 2.62. The van der Waals surface area contributed by atoms with Crippen LogP contribution in [0.25, 0.3) is 0 Å². The molecule has 0 radical (unpaired) electrons. The summed E-state index contributed by atoms with van der Waals surface area (Å²) in [5, 5.41) is 0. The van der Waals surface area contributed by atoms with Crippen molar-refractivity contribution in [2.45, 2.75) is 105 Å². The van der Waals surface area contributed by atoms with Gasteiger partial charge in [-0.2, -0.15) is 0 Å². The third-order valence-electron chi connectivity index (χ3n) is 4.67. The zero-order valence-electron chi connectivity index (χ0n) is 17.7. The van der Waals surface area contributed by atoms with Crippen LogP contribution in [-0.4, -0.2) is 25.2 Å². The Morgan fingerprint density at radius 1 is 0.731 bits per heavy atom. The lowest BCUT2D eigenvalue weighted by Crippen LogP contribution is -2.23. The molecule has 4 heteroatoms. The molecule has 0 aliphatic carbocycles. The van der Waals surface area contributed by atoms with Gasteiger partial charge in [0.05, 0.1) is 19.1 Å². The second-order valence-corrected chi connectivity index (χ2v) is 7.61. The van der Waals surface area contributed by atoms with Crippen molar-refractivity contribution in [3.8, 4) is 0 Å². The minimum atomic E-state index is -0.0518. The SMILES string of the molecule is CCCOC(=O)CCCCCCCCCCC(C(=O)OCCC)C(C)C. The van der Waals surface area contributed by atoms with Gasteiger partial charge in [0.15, 0.2) is 0 Å². The molecule has 0 rings (SSSR count). The van der Waals surface area contributed by atoms with E-state index >= 15 is 0 Å². The highest BCUT2D eigenvalue weighted by Crippen LogP contribution is 2.21. The molecule has 0 amide bonds. The van der Waals surface area contributed by atoms with Gasteiger partial charge in [0.2, 0.25) is 0 Å². The predicted molar refractivity (Wildman–Crippen MR) is 107 cm³/mol. The van der Waals surface area contributed by atoms with Gasteiger partial charge in [-0.3, -0.25) is 9.59 Å². The van der Waals surface area contributed by atoms with Crippen LogP contribution in [0.1, 0.15) is 105 Å². The molecule has 1 unspecified atom stereocenters. The first-order chi connectivity index (χ1) is 12.5. The van der Waals surface area contributed by atoms with Gasteiger partial charge in [-0.1, -0.05) is 72.6 Å². The molecular formula is C22H42O4. The van der Waals surface area contributed by atoms with Crippen LogP contribution in [0.4, 0.5) is 0 Å². The second kappa shape index (κ2) is 17.4. The Morgan fingerprint density at radius 2 is 1.23 bits per heavy atom. The lowest BCUT2D eigenvalue weighted by molar-refractivity contribution is -0.150. The van der Waals surface area contributed by atoms with Gasteiger partial charge in [0.1, 0.15) is 0 Å². The molecule has 0 heterocycles. The summed E-state index contributed by atoms with van der Waals surface area (Å²) in [4.78, 5) is 23.4. The Balaban J connectivity index is 3.56. The standard InChI is InChI=1S/C22H42O4/c1-5-17-25-21(23)16-14-12-10-8-7-9-11-13-15-20(19(3)4)22(24)26-18-6-2/h19-20H,5-18H2,1-4H3. The first-order valence-corrected chi connectivity index (χ1v) is 10.8. The van der Waals surface area contributed by atoms with E-state index < -0.39 is 0 Å². The second-order valence-electron chi connectivity index (χ2n) is 7.61. The average molecular weight is 371 g/mol. The fourth-order valence-corrected chi connectivity index (χ4v) is 3.02. The summed E-state index contributed by atoms with van der Waals surface area (Å²) in [5.74, 6) is 0.334. The topological polar surface area (TPSA) is 52.6 Å². The van der Waals surface area contributed by atoms with Crippen LogP contribution in [0.15, 0.2) is 0 Å². The smallest absolute Gasteiger partial charge is 0.309 e. The Labute approximate surface area is 161 Å². The highest BCUT2D eigenvalue weighted by molar-refractivity contribution is 5.72. The van der Waals surface area contributed by atoms with E-state index in [1.807, 2.05) is 13.8 Å². The number of unbranched alkanes of at least 4 members (excludes halogenated alkanes) is 7. The van der Waals surface area contributed by atoms with Gasteiger partial charge in [-0.05, 0) is 31.6 Å². The predicted octanol–water partition coefficient (Wildman–Crippen LogP) is 6.07. The molecule has 0 aromatic rings. The van der Waals surface area contributed by atoms with Gasteiger partial charge in [-0.25, -0.2) is 0 Å². The molecule has 0 aliphatic rings. The summed E-state index contributed by atoms with van der Waals surface area (Å²) in [6.45, 7) is 9.33. The quantitative estimate of drug-likeness (QED) is 0.230. The molecule has 0 aromatic carbocycles. The van der Waals surface area contributed by atoms with E-state index in [2.05, 4.69) is 13.8 Å². The number of hydrogen-bond acceptors (Lipinski definition) is 4. The van der Waals surface area contributed by atoms with Crippen molar-refractivity contribution in [1.29, 1.82) is 0 Å². The Bertz CT molecular complexity index is 352. The molecule has 26 heavy (non-hydrogen) atoms. The maximum atomic E-state index is 12.1. The third-order valence-corrected chi connectivity index (χ3v) is 4.67. The van der Waals surface area contributed by atoms with Crippen LogP contribution in [0, 0.1) is 11.8 Å². The number of carbonyl (C=O) groups is 2. The van der Waals surface area contributed by atoms with Crippen molar-refractivity contribution in [3.05, 3.63) is 0 Å². The number of ether oxygens (including phenoxy) is 2. The molecule has 0 bridgehead atoms. The minimum Gasteiger partial charge on any atom is -0.466 e. The van der Waals surface area contributed by atoms with Crippen LogP contribution < -0.4 is 0 Å². The highest BCUT2D eigenvalue weighted by atomic mass is 16.5. The summed E-state index contributed by atoms with van der Waals surface area (Å²) in [5.41, 5.74) is 0. The van der Waals surface area contributed by atoms with Gasteiger partial charge in [-0.15, -0.1) is 0 Å². The monoisotopic (exact) mass is 370 g/mol. The molecule has 0 spiro atoms. The van der Waals surface area contributed by atoms with Crippen LogP contribution in [0.3, 0.4) is 0 Å². The number of carbonyl (C=O) groups excluding carboxylic acids is 2. The van der Waals surface area contributed by atoms with Crippen LogP contribution in [-0.2, 0) is 19.1 Å². The maximum Gasteiger partial charge on any atom is 0.309 e. The van der Waals surface area contributed by atoms with Crippen LogP contribution >= 0.6 is 0 Å². The first kappa shape index (κ1) is 24.9. The summed E-state index contributed by atoms with van der Waals surface area (Å²) in [6, 6.07) is 0. The van der Waals surface area contributed by atoms with Gasteiger partial charge in [0, 0.05) is 6.42 Å². The van der Waals surface area contributed by atoms with E-state index in [1.165, 1.54) is 32.1 Å². The van der Waals surface area contributed by atoms with E-state index in [1.54, 1.807) is 0 Å². The molecule has 0 saturated carbocycles. The van der Waals surface area contributed by atoms with Crippen molar-refractivity contribution in [2.24, 2.45) is 11.8 Å². The zero-order valence-corrected chi connectivity index (χ0v) is 17.7. The summed E-state index contributed by atoms with van der Waals surface area (Å²) < 4.78 is 10.4. The molecule has 0 aromatic heterocycles. The van der Waals surface area contributed by atoms with E-state index in [0.29, 0.717) is 25.6 Å². The van der Waals surface area contributed by atoms with E-state index in [9.17, 15) is 9.59 Å². The van der Waals surface area contributed by atoms with Gasteiger partial charge >= 0.3 is 11.9 Å². The first-order valence-electron chi connectivity index (χ1n) is 10.8. The van der Waals surface area contributed by atoms with Crippen molar-refractivity contribution in [2.75, 3.05) is 13.2 Å². The minimum absolute atomic E-state index is 0.0145. The largest absolute Gasteiger partial charge is 0.466 e. The lowest BCUT2D eigenvalue weighted by Gasteiger charge is -2.19. The number of rotatable bonds is 17. The van der Waals surface area contributed by atoms with E-state index in [4.69, 9.17) is 9.47 Å². The maximum absolute atomic E-state index is 12.1. The van der Waals surface area contributed by atoms with Gasteiger partial charge < -0.3 is 9.47 Å².